The first-order chi connectivity index (χ1) is 14.1. The third-order valence-corrected chi connectivity index (χ3v) is 6.19. The Morgan fingerprint density at radius 1 is 1.00 bits per heavy atom. The summed E-state index contributed by atoms with van der Waals surface area (Å²) in [7, 11) is 1.66. The van der Waals surface area contributed by atoms with Gasteiger partial charge in [-0.2, -0.15) is 0 Å². The second-order valence-electron chi connectivity index (χ2n) is 8.09. The summed E-state index contributed by atoms with van der Waals surface area (Å²) in [5.74, 6) is 1.89. The first-order valence-corrected chi connectivity index (χ1v) is 10.4. The normalized spacial score (nSPS) is 21.2. The molecule has 5 heteroatoms. The van der Waals surface area contributed by atoms with Crippen molar-refractivity contribution in [3.63, 3.8) is 0 Å². The number of likely N-dealkylation sites (tertiary alicyclic amines) is 2. The number of hydrogen-bond donors (Lipinski definition) is 0. The van der Waals surface area contributed by atoms with Crippen LogP contribution < -0.4 is 4.74 Å². The second kappa shape index (κ2) is 8.68. The standard InChI is InChI=1S/C24H28N2O3/c1-29-22-10-6-5-9-19(22)11-12-23(27)26-15-20-13-24(28)25(16-21(20)17-26)14-18-7-3-2-4-8-18/h2-10,20-21H,11-17H2,1H3/t20-,21+/m0/s1. The highest BCUT2D eigenvalue weighted by molar-refractivity contribution is 5.79. The van der Waals surface area contributed by atoms with Crippen molar-refractivity contribution in [3.8, 4) is 5.75 Å². The minimum absolute atomic E-state index is 0.173. The van der Waals surface area contributed by atoms with Gasteiger partial charge in [-0.25, -0.2) is 0 Å². The summed E-state index contributed by atoms with van der Waals surface area (Å²) in [4.78, 5) is 29.3. The molecule has 0 unspecified atom stereocenters. The van der Waals surface area contributed by atoms with E-state index in [2.05, 4.69) is 12.1 Å². The summed E-state index contributed by atoms with van der Waals surface area (Å²) < 4.78 is 5.38. The maximum Gasteiger partial charge on any atom is 0.223 e. The van der Waals surface area contributed by atoms with E-state index in [0.717, 1.165) is 30.0 Å². The molecule has 0 spiro atoms. The number of fused-ring (bicyclic) bond motifs is 1. The van der Waals surface area contributed by atoms with Crippen LogP contribution in [0.1, 0.15) is 24.0 Å². The van der Waals surface area contributed by atoms with E-state index in [9.17, 15) is 9.59 Å². The number of ether oxygens (including phenoxy) is 1. The molecule has 2 aromatic carbocycles. The van der Waals surface area contributed by atoms with Crippen LogP contribution in [0.15, 0.2) is 54.6 Å². The molecule has 2 amide bonds. The Bertz CT molecular complexity index is 867. The van der Waals surface area contributed by atoms with Gasteiger partial charge in [0.2, 0.25) is 11.8 Å². The Balaban J connectivity index is 1.33. The fraction of sp³-hybridized carbons (Fsp3) is 0.417. The van der Waals surface area contributed by atoms with Crippen LogP contribution in [0.5, 0.6) is 5.75 Å². The zero-order valence-corrected chi connectivity index (χ0v) is 16.9. The summed E-state index contributed by atoms with van der Waals surface area (Å²) in [5, 5.41) is 0. The van der Waals surface area contributed by atoms with Gasteiger partial charge in [0, 0.05) is 39.0 Å². The molecule has 0 bridgehead atoms. The van der Waals surface area contributed by atoms with Gasteiger partial charge < -0.3 is 14.5 Å². The molecule has 2 atom stereocenters. The number of aryl methyl sites for hydroxylation is 1. The summed E-state index contributed by atoms with van der Waals surface area (Å²) >= 11 is 0. The number of rotatable bonds is 6. The lowest BCUT2D eigenvalue weighted by Gasteiger charge is -2.34. The van der Waals surface area contributed by atoms with Crippen LogP contribution in [-0.4, -0.2) is 48.4 Å². The van der Waals surface area contributed by atoms with Gasteiger partial charge in [0.05, 0.1) is 7.11 Å². The van der Waals surface area contributed by atoms with Crippen molar-refractivity contribution in [2.45, 2.75) is 25.8 Å². The molecule has 2 aliphatic rings. The van der Waals surface area contributed by atoms with Crippen LogP contribution in [0.3, 0.4) is 0 Å². The monoisotopic (exact) mass is 392 g/mol. The molecular weight excluding hydrogens is 364 g/mol. The Labute approximate surface area is 172 Å². The van der Waals surface area contributed by atoms with Crippen LogP contribution in [0.2, 0.25) is 0 Å². The number of carbonyl (C=O) groups excluding carboxylic acids is 2. The van der Waals surface area contributed by atoms with Crippen molar-refractivity contribution in [1.82, 2.24) is 9.80 Å². The molecule has 152 valence electrons. The van der Waals surface area contributed by atoms with Gasteiger partial charge in [0.1, 0.15) is 5.75 Å². The number of hydrogen-bond acceptors (Lipinski definition) is 3. The highest BCUT2D eigenvalue weighted by atomic mass is 16.5. The maximum absolute atomic E-state index is 12.8. The summed E-state index contributed by atoms with van der Waals surface area (Å²) in [6.45, 7) is 2.87. The largest absolute Gasteiger partial charge is 0.496 e. The molecule has 0 radical (unpaired) electrons. The molecule has 0 aromatic heterocycles. The van der Waals surface area contributed by atoms with Gasteiger partial charge in [-0.15, -0.1) is 0 Å². The smallest absolute Gasteiger partial charge is 0.223 e. The van der Waals surface area contributed by atoms with Gasteiger partial charge in [-0.1, -0.05) is 48.5 Å². The predicted octanol–water partition coefficient (Wildman–Crippen LogP) is 3.13. The first-order valence-electron chi connectivity index (χ1n) is 10.4. The number of carbonyl (C=O) groups is 2. The fourth-order valence-electron chi connectivity index (χ4n) is 4.58. The Morgan fingerprint density at radius 2 is 1.72 bits per heavy atom. The number of nitrogens with zero attached hydrogens (tertiary/aromatic N) is 2. The van der Waals surface area contributed by atoms with Crippen LogP contribution in [0.4, 0.5) is 0 Å². The van der Waals surface area contributed by atoms with Crippen LogP contribution in [0.25, 0.3) is 0 Å². The van der Waals surface area contributed by atoms with Crippen molar-refractivity contribution in [1.29, 1.82) is 0 Å². The molecule has 2 heterocycles. The highest BCUT2D eigenvalue weighted by Gasteiger charge is 2.41. The number of piperidine rings is 1. The van der Waals surface area contributed by atoms with E-state index in [4.69, 9.17) is 4.74 Å². The molecule has 0 aliphatic carbocycles. The SMILES string of the molecule is COc1ccccc1CCC(=O)N1C[C@H]2CN(Cc3ccccc3)C(=O)C[C@H]2C1. The topological polar surface area (TPSA) is 49.9 Å². The minimum atomic E-state index is 0.173. The minimum Gasteiger partial charge on any atom is -0.496 e. The van der Waals surface area contributed by atoms with Crippen molar-refractivity contribution < 1.29 is 14.3 Å². The van der Waals surface area contributed by atoms with Gasteiger partial charge in [-0.3, -0.25) is 9.59 Å². The Kier molecular flexibility index (Phi) is 5.84. The van der Waals surface area contributed by atoms with Crippen molar-refractivity contribution >= 4 is 11.8 Å². The summed E-state index contributed by atoms with van der Waals surface area (Å²) in [5.41, 5.74) is 2.21. The molecule has 4 rings (SSSR count). The van der Waals surface area contributed by atoms with E-state index in [0.29, 0.717) is 44.2 Å². The van der Waals surface area contributed by atoms with Crippen molar-refractivity contribution in [2.75, 3.05) is 26.7 Å². The molecule has 0 N–H and O–H groups in total. The third kappa shape index (κ3) is 4.44. The van der Waals surface area contributed by atoms with E-state index in [-0.39, 0.29) is 11.8 Å². The van der Waals surface area contributed by atoms with Gasteiger partial charge in [0.15, 0.2) is 0 Å². The highest BCUT2D eigenvalue weighted by Crippen LogP contribution is 2.33. The molecule has 5 nitrogen and oxygen atoms in total. The lowest BCUT2D eigenvalue weighted by molar-refractivity contribution is -0.137. The van der Waals surface area contributed by atoms with Crippen LogP contribution >= 0.6 is 0 Å². The lowest BCUT2D eigenvalue weighted by atomic mass is 9.88. The van der Waals surface area contributed by atoms with Crippen molar-refractivity contribution in [2.24, 2.45) is 11.8 Å². The van der Waals surface area contributed by atoms with Crippen molar-refractivity contribution in [3.05, 3.63) is 65.7 Å². The summed E-state index contributed by atoms with van der Waals surface area (Å²) in [6, 6.07) is 18.0. The van der Waals surface area contributed by atoms with E-state index >= 15 is 0 Å². The third-order valence-electron chi connectivity index (χ3n) is 6.19. The molecule has 2 fully saturated rings. The lowest BCUT2D eigenvalue weighted by Crippen LogP contribution is -2.43. The van der Waals surface area contributed by atoms with Crippen LogP contribution in [-0.2, 0) is 22.6 Å². The number of benzene rings is 2. The Morgan fingerprint density at radius 3 is 2.52 bits per heavy atom. The molecule has 29 heavy (non-hydrogen) atoms. The second-order valence-corrected chi connectivity index (χ2v) is 8.09. The quantitative estimate of drug-likeness (QED) is 0.759. The molecule has 2 aromatic rings. The van der Waals surface area contributed by atoms with Gasteiger partial charge in [0.25, 0.3) is 0 Å². The van der Waals surface area contributed by atoms with Gasteiger partial charge in [-0.05, 0) is 35.4 Å². The maximum atomic E-state index is 12.8. The zero-order chi connectivity index (χ0) is 20.2. The molecule has 0 saturated carbocycles. The van der Waals surface area contributed by atoms with E-state index in [1.807, 2.05) is 52.3 Å². The molecule has 2 saturated heterocycles. The number of para-hydroxylation sites is 1. The average Bonchev–Trinajstić information content (AvgIpc) is 3.16. The number of amides is 2. The van der Waals surface area contributed by atoms with E-state index in [1.54, 1.807) is 7.11 Å². The fourth-order valence-corrected chi connectivity index (χ4v) is 4.58. The molecule has 2 aliphatic heterocycles. The average molecular weight is 392 g/mol. The first kappa shape index (κ1) is 19.5. The van der Waals surface area contributed by atoms with E-state index < -0.39 is 0 Å². The predicted molar refractivity (Wildman–Crippen MR) is 111 cm³/mol. The van der Waals surface area contributed by atoms with Gasteiger partial charge >= 0.3 is 0 Å². The van der Waals surface area contributed by atoms with E-state index in [1.165, 1.54) is 0 Å². The van der Waals surface area contributed by atoms with Crippen LogP contribution in [0, 0.1) is 11.8 Å². The number of methoxy groups -OCH3 is 1. The zero-order valence-electron chi connectivity index (χ0n) is 16.9. The Hall–Kier alpha value is -2.82. The summed E-state index contributed by atoms with van der Waals surface area (Å²) in [6.07, 6.45) is 1.70. The molecular formula is C24H28N2O3.